The zero-order valence-electron chi connectivity index (χ0n) is 15.8. The van der Waals surface area contributed by atoms with Crippen molar-refractivity contribution in [3.63, 3.8) is 0 Å². The largest absolute Gasteiger partial charge is 0.457 e. The average molecular weight is 446 g/mol. The summed E-state index contributed by atoms with van der Waals surface area (Å²) in [5.41, 5.74) is 1.39. The van der Waals surface area contributed by atoms with Crippen molar-refractivity contribution in [2.75, 3.05) is 12.4 Å². The van der Waals surface area contributed by atoms with Crippen LogP contribution in [0.1, 0.15) is 16.1 Å². The minimum Gasteiger partial charge on any atom is -0.457 e. The molecule has 0 aliphatic carbocycles. The second-order valence-electron chi connectivity index (χ2n) is 6.03. The molecule has 2 amide bonds. The zero-order chi connectivity index (χ0) is 21.5. The summed E-state index contributed by atoms with van der Waals surface area (Å²) in [6.07, 6.45) is 0.818. The Kier molecular flexibility index (Phi) is 7.11. The van der Waals surface area contributed by atoms with Crippen LogP contribution in [-0.4, -0.2) is 24.0 Å². The Morgan fingerprint density at radius 1 is 1.00 bits per heavy atom. The fourth-order valence-electron chi connectivity index (χ4n) is 2.40. The van der Waals surface area contributed by atoms with Gasteiger partial charge in [0.25, 0.3) is 5.91 Å². The van der Waals surface area contributed by atoms with Crippen molar-refractivity contribution in [2.24, 2.45) is 0 Å². The van der Waals surface area contributed by atoms with E-state index in [1.165, 1.54) is 25.4 Å². The zero-order valence-corrected chi connectivity index (χ0v) is 17.3. The highest BCUT2D eigenvalue weighted by atomic mass is 35.5. The SMILES string of the molecule is CNC(=O)c1cc(Oc2ccc(NC(=O)OCc3ccc(Cl)cc3)c(Cl)c2)ccn1. The molecule has 0 fully saturated rings. The van der Waals surface area contributed by atoms with E-state index >= 15 is 0 Å². The van der Waals surface area contributed by atoms with Crippen molar-refractivity contribution in [1.82, 2.24) is 10.3 Å². The normalized spacial score (nSPS) is 10.2. The van der Waals surface area contributed by atoms with E-state index < -0.39 is 6.09 Å². The number of carbonyl (C=O) groups excluding carboxylic acids is 2. The molecule has 0 aliphatic heterocycles. The number of ether oxygens (including phenoxy) is 2. The monoisotopic (exact) mass is 445 g/mol. The van der Waals surface area contributed by atoms with Crippen LogP contribution in [0.25, 0.3) is 0 Å². The lowest BCUT2D eigenvalue weighted by Gasteiger charge is -2.11. The lowest BCUT2D eigenvalue weighted by molar-refractivity contribution is 0.0957. The van der Waals surface area contributed by atoms with Crippen LogP contribution < -0.4 is 15.4 Å². The van der Waals surface area contributed by atoms with Gasteiger partial charge in [0.2, 0.25) is 0 Å². The summed E-state index contributed by atoms with van der Waals surface area (Å²) in [7, 11) is 1.52. The maximum atomic E-state index is 12.0. The van der Waals surface area contributed by atoms with E-state index in [1.807, 2.05) is 0 Å². The molecule has 0 atom stereocenters. The molecule has 2 aromatic carbocycles. The van der Waals surface area contributed by atoms with Crippen LogP contribution in [0.2, 0.25) is 10.0 Å². The Hall–Kier alpha value is -3.29. The van der Waals surface area contributed by atoms with E-state index in [9.17, 15) is 9.59 Å². The number of halogens is 2. The second kappa shape index (κ2) is 9.96. The molecule has 0 unspecified atom stereocenters. The molecule has 0 radical (unpaired) electrons. The Bertz CT molecular complexity index is 1060. The van der Waals surface area contributed by atoms with Gasteiger partial charge in [0.1, 0.15) is 23.8 Å². The molecule has 3 rings (SSSR count). The van der Waals surface area contributed by atoms with Crippen molar-refractivity contribution in [3.8, 4) is 11.5 Å². The van der Waals surface area contributed by atoms with E-state index in [2.05, 4.69) is 15.6 Å². The van der Waals surface area contributed by atoms with E-state index in [0.717, 1.165) is 5.56 Å². The molecule has 2 N–H and O–H groups in total. The smallest absolute Gasteiger partial charge is 0.412 e. The van der Waals surface area contributed by atoms with E-state index in [-0.39, 0.29) is 23.2 Å². The summed E-state index contributed by atoms with van der Waals surface area (Å²) in [4.78, 5) is 27.7. The van der Waals surface area contributed by atoms with Crippen LogP contribution in [-0.2, 0) is 11.3 Å². The van der Waals surface area contributed by atoms with E-state index in [0.29, 0.717) is 22.2 Å². The predicted octanol–water partition coefficient (Wildman–Crippen LogP) is 5.29. The second-order valence-corrected chi connectivity index (χ2v) is 6.87. The van der Waals surface area contributed by atoms with Gasteiger partial charge in [-0.05, 0) is 35.9 Å². The van der Waals surface area contributed by atoms with Gasteiger partial charge >= 0.3 is 6.09 Å². The van der Waals surface area contributed by atoms with Crippen LogP contribution >= 0.6 is 23.2 Å². The molecule has 7 nitrogen and oxygen atoms in total. The third-order valence-corrected chi connectivity index (χ3v) is 4.45. The van der Waals surface area contributed by atoms with Crippen LogP contribution in [0, 0.1) is 0 Å². The summed E-state index contributed by atoms with van der Waals surface area (Å²) in [6, 6.07) is 14.8. The molecule has 154 valence electrons. The van der Waals surface area contributed by atoms with Crippen LogP contribution in [0.15, 0.2) is 60.8 Å². The molecule has 0 saturated carbocycles. The number of hydrogen-bond acceptors (Lipinski definition) is 5. The van der Waals surface area contributed by atoms with Gasteiger partial charge in [-0.15, -0.1) is 0 Å². The number of amides is 2. The lowest BCUT2D eigenvalue weighted by atomic mass is 10.2. The predicted molar refractivity (Wildman–Crippen MR) is 114 cm³/mol. The highest BCUT2D eigenvalue weighted by Crippen LogP contribution is 2.30. The number of hydrogen-bond donors (Lipinski definition) is 2. The number of anilines is 1. The molecule has 0 aliphatic rings. The van der Waals surface area contributed by atoms with Crippen molar-refractivity contribution in [1.29, 1.82) is 0 Å². The molecule has 1 aromatic heterocycles. The van der Waals surface area contributed by atoms with Crippen molar-refractivity contribution in [3.05, 3.63) is 82.1 Å². The number of carbonyl (C=O) groups is 2. The molecule has 30 heavy (non-hydrogen) atoms. The van der Waals surface area contributed by atoms with Gasteiger partial charge in [-0.3, -0.25) is 15.1 Å². The molecule has 9 heteroatoms. The van der Waals surface area contributed by atoms with E-state index in [4.69, 9.17) is 32.7 Å². The Morgan fingerprint density at radius 2 is 1.73 bits per heavy atom. The first-order chi connectivity index (χ1) is 14.4. The highest BCUT2D eigenvalue weighted by Gasteiger charge is 2.10. The topological polar surface area (TPSA) is 89.6 Å². The Morgan fingerprint density at radius 3 is 2.43 bits per heavy atom. The minimum atomic E-state index is -0.648. The first kappa shape index (κ1) is 21.4. The fraction of sp³-hybridized carbons (Fsp3) is 0.0952. The van der Waals surface area contributed by atoms with Crippen molar-refractivity contribution >= 4 is 40.9 Å². The van der Waals surface area contributed by atoms with Gasteiger partial charge in [0.15, 0.2) is 0 Å². The summed E-state index contributed by atoms with van der Waals surface area (Å²) in [6.45, 7) is 0.0948. The molecule has 0 spiro atoms. The summed E-state index contributed by atoms with van der Waals surface area (Å²) >= 11 is 12.1. The number of nitrogens with one attached hydrogen (secondary N) is 2. The van der Waals surface area contributed by atoms with Gasteiger partial charge in [-0.25, -0.2) is 4.79 Å². The molecular formula is C21H17Cl2N3O4. The highest BCUT2D eigenvalue weighted by molar-refractivity contribution is 6.33. The Balaban J connectivity index is 1.60. The number of benzene rings is 2. The first-order valence-electron chi connectivity index (χ1n) is 8.78. The van der Waals surface area contributed by atoms with Gasteiger partial charge < -0.3 is 14.8 Å². The first-order valence-corrected chi connectivity index (χ1v) is 9.54. The lowest BCUT2D eigenvalue weighted by Crippen LogP contribution is -2.18. The molecule has 0 saturated heterocycles. The third-order valence-electron chi connectivity index (χ3n) is 3.89. The number of rotatable bonds is 6. The minimum absolute atomic E-state index is 0.0948. The maximum absolute atomic E-state index is 12.0. The molecule has 1 heterocycles. The number of aromatic nitrogens is 1. The molecule has 3 aromatic rings. The van der Waals surface area contributed by atoms with Crippen LogP contribution in [0.4, 0.5) is 10.5 Å². The Labute approximate surface area is 182 Å². The van der Waals surface area contributed by atoms with Crippen LogP contribution in [0.5, 0.6) is 11.5 Å². The quantitative estimate of drug-likeness (QED) is 0.537. The van der Waals surface area contributed by atoms with Crippen molar-refractivity contribution in [2.45, 2.75) is 6.61 Å². The summed E-state index contributed by atoms with van der Waals surface area (Å²) < 4.78 is 10.9. The maximum Gasteiger partial charge on any atom is 0.412 e. The van der Waals surface area contributed by atoms with Crippen LogP contribution in [0.3, 0.4) is 0 Å². The van der Waals surface area contributed by atoms with Gasteiger partial charge in [0.05, 0.1) is 10.7 Å². The van der Waals surface area contributed by atoms with Crippen molar-refractivity contribution < 1.29 is 19.1 Å². The standard InChI is InChI=1S/C21H17Cl2N3O4/c1-24-20(27)19-11-16(8-9-25-19)30-15-6-7-18(17(23)10-15)26-21(28)29-12-13-2-4-14(22)5-3-13/h2-11H,12H2,1H3,(H,24,27)(H,26,28). The average Bonchev–Trinajstić information content (AvgIpc) is 2.75. The summed E-state index contributed by atoms with van der Waals surface area (Å²) in [5.74, 6) is 0.520. The number of pyridine rings is 1. The third kappa shape index (κ3) is 5.85. The van der Waals surface area contributed by atoms with E-state index in [1.54, 1.807) is 42.5 Å². The molecular weight excluding hydrogens is 429 g/mol. The summed E-state index contributed by atoms with van der Waals surface area (Å²) in [5, 5.41) is 5.94. The number of nitrogens with zero attached hydrogens (tertiary/aromatic N) is 1. The van der Waals surface area contributed by atoms with Gasteiger partial charge in [-0.1, -0.05) is 35.3 Å². The molecule has 0 bridgehead atoms. The fourth-order valence-corrected chi connectivity index (χ4v) is 2.74. The van der Waals surface area contributed by atoms with Gasteiger partial charge in [-0.2, -0.15) is 0 Å². The van der Waals surface area contributed by atoms with Gasteiger partial charge in [0, 0.05) is 30.4 Å².